The lowest BCUT2D eigenvalue weighted by Gasteiger charge is -2.11. The van der Waals surface area contributed by atoms with Gasteiger partial charge in [0.15, 0.2) is 0 Å². The van der Waals surface area contributed by atoms with Crippen molar-refractivity contribution in [3.05, 3.63) is 35.9 Å². The van der Waals surface area contributed by atoms with E-state index in [0.717, 1.165) is 5.92 Å². The molecule has 1 rings (SSSR count). The van der Waals surface area contributed by atoms with Crippen LogP contribution >= 0.6 is 0 Å². The first kappa shape index (κ1) is 10.3. The lowest BCUT2D eigenvalue weighted by Crippen LogP contribution is -1.98. The van der Waals surface area contributed by atoms with Gasteiger partial charge in [0.2, 0.25) is 0 Å². The molecule has 0 aromatic heterocycles. The van der Waals surface area contributed by atoms with Crippen molar-refractivity contribution in [3.63, 3.8) is 0 Å². The van der Waals surface area contributed by atoms with Crippen LogP contribution in [0.5, 0.6) is 0 Å². The molecule has 13 heavy (non-hydrogen) atoms. The lowest BCUT2D eigenvalue weighted by atomic mass is 9.95. The molecule has 0 atom stereocenters. The Balaban J connectivity index is 2.34. The Morgan fingerprint density at radius 2 is 1.62 bits per heavy atom. The molecule has 0 nitrogen and oxygen atoms in total. The van der Waals surface area contributed by atoms with Crippen molar-refractivity contribution in [1.29, 1.82) is 0 Å². The van der Waals surface area contributed by atoms with Crippen molar-refractivity contribution < 1.29 is 0 Å². The van der Waals surface area contributed by atoms with Crippen molar-refractivity contribution >= 4 is 0 Å². The quantitative estimate of drug-likeness (QED) is 0.634. The first-order chi connectivity index (χ1) is 6.36. The van der Waals surface area contributed by atoms with Gasteiger partial charge in [-0.1, -0.05) is 57.0 Å². The van der Waals surface area contributed by atoms with E-state index in [9.17, 15) is 0 Å². The summed E-state index contributed by atoms with van der Waals surface area (Å²) in [4.78, 5) is 0. The molecule has 0 aliphatic rings. The minimum Gasteiger partial charge on any atom is -0.0651 e. The molecule has 0 saturated heterocycles. The number of hydrogen-bond acceptors (Lipinski definition) is 0. The van der Waals surface area contributed by atoms with Gasteiger partial charge < -0.3 is 0 Å². The largest absolute Gasteiger partial charge is 0.0651 e. The summed E-state index contributed by atoms with van der Waals surface area (Å²) in [5.41, 5.74) is 1.48. The average molecular weight is 176 g/mol. The van der Waals surface area contributed by atoms with E-state index in [1.807, 2.05) is 0 Å². The van der Waals surface area contributed by atoms with Crippen molar-refractivity contribution in [2.45, 2.75) is 39.5 Å². The molecule has 0 bridgehead atoms. The van der Waals surface area contributed by atoms with Crippen LogP contribution in [-0.2, 0) is 6.42 Å². The normalized spacial score (nSPS) is 10.7. The van der Waals surface area contributed by atoms with Crippen LogP contribution in [0.15, 0.2) is 30.3 Å². The Morgan fingerprint density at radius 3 is 2.15 bits per heavy atom. The van der Waals surface area contributed by atoms with Crippen molar-refractivity contribution in [1.82, 2.24) is 0 Å². The predicted octanol–water partition coefficient (Wildman–Crippen LogP) is 4.06. The lowest BCUT2D eigenvalue weighted by molar-refractivity contribution is 0.456. The van der Waals surface area contributed by atoms with Gasteiger partial charge in [0.25, 0.3) is 0 Å². The molecule has 0 unspecified atom stereocenters. The van der Waals surface area contributed by atoms with E-state index in [0.29, 0.717) is 0 Å². The van der Waals surface area contributed by atoms with Crippen molar-refractivity contribution in [3.8, 4) is 0 Å². The van der Waals surface area contributed by atoms with Crippen LogP contribution in [-0.4, -0.2) is 0 Å². The maximum Gasteiger partial charge on any atom is -0.0276 e. The standard InChI is InChI=1S/C13H20/c1-3-12(4-2)10-11-13-8-6-5-7-9-13/h5-9,12H,3-4,10-11H2,1-2H3. The smallest absolute Gasteiger partial charge is 0.0276 e. The van der Waals surface area contributed by atoms with E-state index in [1.165, 1.54) is 31.2 Å². The summed E-state index contributed by atoms with van der Waals surface area (Å²) in [6, 6.07) is 10.8. The maximum atomic E-state index is 2.29. The van der Waals surface area contributed by atoms with E-state index in [4.69, 9.17) is 0 Å². The molecule has 0 aliphatic heterocycles. The fourth-order valence-electron chi connectivity index (χ4n) is 1.71. The van der Waals surface area contributed by atoms with Gasteiger partial charge in [0, 0.05) is 0 Å². The Kier molecular flexibility index (Phi) is 4.59. The molecule has 0 radical (unpaired) electrons. The molecule has 0 aliphatic carbocycles. The molecule has 1 aromatic rings. The van der Waals surface area contributed by atoms with Crippen LogP contribution in [0.1, 0.15) is 38.7 Å². The molecule has 0 fully saturated rings. The third-order valence-electron chi connectivity index (χ3n) is 2.84. The van der Waals surface area contributed by atoms with E-state index in [2.05, 4.69) is 44.2 Å². The Morgan fingerprint density at radius 1 is 1.00 bits per heavy atom. The van der Waals surface area contributed by atoms with Crippen LogP contribution in [0.25, 0.3) is 0 Å². The first-order valence-corrected chi connectivity index (χ1v) is 5.40. The molecule has 0 amide bonds. The second kappa shape index (κ2) is 5.80. The number of hydrogen-bond donors (Lipinski definition) is 0. The van der Waals surface area contributed by atoms with E-state index in [1.54, 1.807) is 0 Å². The van der Waals surface area contributed by atoms with Gasteiger partial charge in [-0.2, -0.15) is 0 Å². The van der Waals surface area contributed by atoms with Gasteiger partial charge in [-0.15, -0.1) is 0 Å². The van der Waals surface area contributed by atoms with Crippen molar-refractivity contribution in [2.24, 2.45) is 5.92 Å². The monoisotopic (exact) mass is 176 g/mol. The highest BCUT2D eigenvalue weighted by Crippen LogP contribution is 2.15. The Labute approximate surface area is 82.0 Å². The topological polar surface area (TPSA) is 0 Å². The van der Waals surface area contributed by atoms with Crippen LogP contribution in [0.4, 0.5) is 0 Å². The summed E-state index contributed by atoms with van der Waals surface area (Å²) in [5.74, 6) is 0.917. The second-order valence-corrected chi connectivity index (χ2v) is 3.71. The number of benzene rings is 1. The Hall–Kier alpha value is -0.780. The zero-order valence-corrected chi connectivity index (χ0v) is 8.79. The van der Waals surface area contributed by atoms with Gasteiger partial charge >= 0.3 is 0 Å². The number of rotatable bonds is 5. The Bertz CT molecular complexity index is 209. The molecule has 0 heterocycles. The fourth-order valence-corrected chi connectivity index (χ4v) is 1.71. The SMILES string of the molecule is CCC(CC)CCc1ccccc1. The molecule has 0 N–H and O–H groups in total. The van der Waals surface area contributed by atoms with E-state index < -0.39 is 0 Å². The van der Waals surface area contributed by atoms with Gasteiger partial charge in [0.1, 0.15) is 0 Å². The summed E-state index contributed by atoms with van der Waals surface area (Å²) in [6.07, 6.45) is 5.23. The highest BCUT2D eigenvalue weighted by atomic mass is 14.1. The van der Waals surface area contributed by atoms with Gasteiger partial charge in [-0.05, 0) is 24.3 Å². The third kappa shape index (κ3) is 3.63. The summed E-state index contributed by atoms with van der Waals surface area (Å²) < 4.78 is 0. The highest BCUT2D eigenvalue weighted by molar-refractivity contribution is 5.14. The molecular formula is C13H20. The van der Waals surface area contributed by atoms with Crippen molar-refractivity contribution in [2.75, 3.05) is 0 Å². The van der Waals surface area contributed by atoms with Gasteiger partial charge in [-0.3, -0.25) is 0 Å². The zero-order valence-electron chi connectivity index (χ0n) is 8.79. The second-order valence-electron chi connectivity index (χ2n) is 3.71. The number of aryl methyl sites for hydroxylation is 1. The van der Waals surface area contributed by atoms with Gasteiger partial charge in [-0.25, -0.2) is 0 Å². The fraction of sp³-hybridized carbons (Fsp3) is 0.538. The van der Waals surface area contributed by atoms with Crippen LogP contribution < -0.4 is 0 Å². The van der Waals surface area contributed by atoms with E-state index in [-0.39, 0.29) is 0 Å². The minimum absolute atomic E-state index is 0.917. The molecule has 1 aromatic carbocycles. The van der Waals surface area contributed by atoms with Crippen LogP contribution in [0.2, 0.25) is 0 Å². The van der Waals surface area contributed by atoms with Crippen LogP contribution in [0.3, 0.4) is 0 Å². The summed E-state index contributed by atoms with van der Waals surface area (Å²) in [6.45, 7) is 4.58. The van der Waals surface area contributed by atoms with E-state index >= 15 is 0 Å². The summed E-state index contributed by atoms with van der Waals surface area (Å²) in [7, 11) is 0. The maximum absolute atomic E-state index is 2.29. The molecular weight excluding hydrogens is 156 g/mol. The molecule has 0 heteroatoms. The molecule has 72 valence electrons. The predicted molar refractivity (Wildman–Crippen MR) is 58.8 cm³/mol. The average Bonchev–Trinajstić information content (AvgIpc) is 2.21. The third-order valence-corrected chi connectivity index (χ3v) is 2.84. The summed E-state index contributed by atoms with van der Waals surface area (Å²) in [5, 5.41) is 0. The van der Waals surface area contributed by atoms with Gasteiger partial charge in [0.05, 0.1) is 0 Å². The molecule has 0 saturated carbocycles. The summed E-state index contributed by atoms with van der Waals surface area (Å²) >= 11 is 0. The minimum atomic E-state index is 0.917. The highest BCUT2D eigenvalue weighted by Gasteiger charge is 2.02. The van der Waals surface area contributed by atoms with Crippen LogP contribution in [0, 0.1) is 5.92 Å². The molecule has 0 spiro atoms. The first-order valence-electron chi connectivity index (χ1n) is 5.40. The zero-order chi connectivity index (χ0) is 9.52.